The Kier molecular flexibility index (Phi) is 2.33. The molecule has 2 aromatic rings. The number of nitrogen functional groups attached to an aromatic ring is 1. The molecule has 14 heavy (non-hydrogen) atoms. The number of halogens is 1. The first kappa shape index (κ1) is 8.97. The van der Waals surface area contributed by atoms with Gasteiger partial charge in [0.25, 0.3) is 0 Å². The van der Waals surface area contributed by atoms with Crippen LogP contribution in [0, 0.1) is 0 Å². The maximum Gasteiger partial charge on any atom is 0.136 e. The summed E-state index contributed by atoms with van der Waals surface area (Å²) in [6.45, 7) is 0. The Morgan fingerprint density at radius 3 is 2.71 bits per heavy atom. The molecular formula is C10H8ClN3. The lowest BCUT2D eigenvalue weighted by Gasteiger charge is -2.05. The number of rotatable bonds is 1. The smallest absolute Gasteiger partial charge is 0.136 e. The summed E-state index contributed by atoms with van der Waals surface area (Å²) in [6, 6.07) is 5.51. The molecule has 2 heterocycles. The van der Waals surface area contributed by atoms with Crippen LogP contribution < -0.4 is 5.73 Å². The van der Waals surface area contributed by atoms with Gasteiger partial charge in [0.15, 0.2) is 0 Å². The van der Waals surface area contributed by atoms with Gasteiger partial charge in [0.05, 0.1) is 11.9 Å². The van der Waals surface area contributed by atoms with E-state index in [2.05, 4.69) is 9.97 Å². The van der Waals surface area contributed by atoms with Crippen LogP contribution in [0.3, 0.4) is 0 Å². The first-order chi connectivity index (χ1) is 6.79. The molecule has 0 aliphatic carbocycles. The van der Waals surface area contributed by atoms with Crippen molar-refractivity contribution in [2.45, 2.75) is 0 Å². The van der Waals surface area contributed by atoms with Crippen molar-refractivity contribution in [2.75, 3.05) is 5.73 Å². The quantitative estimate of drug-likeness (QED) is 0.728. The van der Waals surface area contributed by atoms with Gasteiger partial charge in [0.1, 0.15) is 5.15 Å². The van der Waals surface area contributed by atoms with E-state index in [1.807, 2.05) is 18.2 Å². The molecule has 0 bridgehead atoms. The van der Waals surface area contributed by atoms with E-state index in [1.165, 1.54) is 0 Å². The molecule has 0 fully saturated rings. The third-order valence-corrected chi connectivity index (χ3v) is 2.20. The van der Waals surface area contributed by atoms with Crippen LogP contribution in [-0.4, -0.2) is 9.97 Å². The standard InChI is InChI=1S/C10H8ClN3/c11-10-8(2-1-4-14-10)7-3-5-13-6-9(7)12/h1-6H,12H2. The minimum atomic E-state index is 0.449. The van der Waals surface area contributed by atoms with Gasteiger partial charge in [-0.3, -0.25) is 4.98 Å². The van der Waals surface area contributed by atoms with E-state index < -0.39 is 0 Å². The van der Waals surface area contributed by atoms with E-state index in [-0.39, 0.29) is 0 Å². The van der Waals surface area contributed by atoms with Gasteiger partial charge in [-0.1, -0.05) is 11.6 Å². The Hall–Kier alpha value is -1.61. The molecule has 0 radical (unpaired) electrons. The van der Waals surface area contributed by atoms with E-state index in [4.69, 9.17) is 17.3 Å². The molecule has 70 valence electrons. The zero-order valence-corrected chi connectivity index (χ0v) is 8.07. The average molecular weight is 206 g/mol. The molecule has 4 heteroatoms. The number of hydrogen-bond donors (Lipinski definition) is 1. The highest BCUT2D eigenvalue weighted by atomic mass is 35.5. The van der Waals surface area contributed by atoms with Crippen LogP contribution in [0.4, 0.5) is 5.69 Å². The Morgan fingerprint density at radius 2 is 2.00 bits per heavy atom. The fourth-order valence-electron chi connectivity index (χ4n) is 1.24. The molecule has 0 unspecified atom stereocenters. The summed E-state index contributed by atoms with van der Waals surface area (Å²) in [5.74, 6) is 0. The molecule has 3 nitrogen and oxygen atoms in total. The van der Waals surface area contributed by atoms with Crippen molar-refractivity contribution in [3.63, 3.8) is 0 Å². The van der Waals surface area contributed by atoms with E-state index in [0.29, 0.717) is 10.8 Å². The van der Waals surface area contributed by atoms with E-state index in [9.17, 15) is 0 Å². The monoisotopic (exact) mass is 205 g/mol. The van der Waals surface area contributed by atoms with Crippen LogP contribution in [0.15, 0.2) is 36.8 Å². The third-order valence-electron chi connectivity index (χ3n) is 1.90. The number of aromatic nitrogens is 2. The molecule has 2 rings (SSSR count). The molecule has 2 N–H and O–H groups in total. The zero-order valence-electron chi connectivity index (χ0n) is 7.31. The van der Waals surface area contributed by atoms with E-state index in [0.717, 1.165) is 11.1 Å². The molecule has 2 aromatic heterocycles. The van der Waals surface area contributed by atoms with Crippen LogP contribution in [0.5, 0.6) is 0 Å². The number of hydrogen-bond acceptors (Lipinski definition) is 3. The fourth-order valence-corrected chi connectivity index (χ4v) is 1.46. The van der Waals surface area contributed by atoms with Crippen molar-refractivity contribution in [2.24, 2.45) is 0 Å². The van der Waals surface area contributed by atoms with Crippen molar-refractivity contribution in [1.29, 1.82) is 0 Å². The average Bonchev–Trinajstić information content (AvgIpc) is 2.20. The van der Waals surface area contributed by atoms with Gasteiger partial charge in [-0.15, -0.1) is 0 Å². The minimum absolute atomic E-state index is 0.449. The van der Waals surface area contributed by atoms with Gasteiger partial charge in [0.2, 0.25) is 0 Å². The summed E-state index contributed by atoms with van der Waals surface area (Å²) in [5, 5.41) is 0.449. The Bertz CT molecular complexity index is 413. The second-order valence-corrected chi connectivity index (χ2v) is 3.16. The molecule has 0 aromatic carbocycles. The van der Waals surface area contributed by atoms with Crippen molar-refractivity contribution >= 4 is 17.3 Å². The number of pyridine rings is 2. The summed E-state index contributed by atoms with van der Waals surface area (Å²) < 4.78 is 0. The molecule has 0 saturated heterocycles. The number of nitrogens with two attached hydrogens (primary N) is 1. The first-order valence-corrected chi connectivity index (χ1v) is 4.47. The Labute approximate surface area is 86.6 Å². The number of anilines is 1. The molecule has 0 atom stereocenters. The predicted octanol–water partition coefficient (Wildman–Crippen LogP) is 2.38. The van der Waals surface area contributed by atoms with Gasteiger partial charge in [-0.25, -0.2) is 4.98 Å². The van der Waals surface area contributed by atoms with Crippen LogP contribution in [0.2, 0.25) is 5.15 Å². The second kappa shape index (κ2) is 3.64. The van der Waals surface area contributed by atoms with Crippen molar-refractivity contribution in [3.05, 3.63) is 41.9 Å². The molecule has 0 spiro atoms. The van der Waals surface area contributed by atoms with Crippen LogP contribution in [0.25, 0.3) is 11.1 Å². The summed E-state index contributed by atoms with van der Waals surface area (Å²) >= 11 is 5.94. The topological polar surface area (TPSA) is 51.8 Å². The lowest BCUT2D eigenvalue weighted by atomic mass is 10.1. The van der Waals surface area contributed by atoms with Gasteiger partial charge in [-0.05, 0) is 18.2 Å². The van der Waals surface area contributed by atoms with E-state index >= 15 is 0 Å². The summed E-state index contributed by atoms with van der Waals surface area (Å²) in [6.07, 6.45) is 4.91. The number of nitrogens with zero attached hydrogens (tertiary/aromatic N) is 2. The van der Waals surface area contributed by atoms with Gasteiger partial charge >= 0.3 is 0 Å². The molecule has 0 aliphatic rings. The zero-order chi connectivity index (χ0) is 9.97. The van der Waals surface area contributed by atoms with Gasteiger partial charge < -0.3 is 5.73 Å². The van der Waals surface area contributed by atoms with Gasteiger partial charge in [0, 0.05) is 23.5 Å². The first-order valence-electron chi connectivity index (χ1n) is 4.09. The van der Waals surface area contributed by atoms with Crippen LogP contribution in [-0.2, 0) is 0 Å². The van der Waals surface area contributed by atoms with Crippen molar-refractivity contribution in [3.8, 4) is 11.1 Å². The molecular weight excluding hydrogens is 198 g/mol. The fraction of sp³-hybridized carbons (Fsp3) is 0. The van der Waals surface area contributed by atoms with Crippen LogP contribution >= 0.6 is 11.6 Å². The molecule has 0 saturated carbocycles. The summed E-state index contributed by atoms with van der Waals surface area (Å²) in [5.41, 5.74) is 8.06. The molecule has 0 aliphatic heterocycles. The summed E-state index contributed by atoms with van der Waals surface area (Å²) in [7, 11) is 0. The SMILES string of the molecule is Nc1cnccc1-c1cccnc1Cl. The largest absolute Gasteiger partial charge is 0.397 e. The lowest BCUT2D eigenvalue weighted by molar-refractivity contribution is 1.31. The highest BCUT2D eigenvalue weighted by Crippen LogP contribution is 2.29. The maximum atomic E-state index is 5.94. The van der Waals surface area contributed by atoms with Gasteiger partial charge in [-0.2, -0.15) is 0 Å². The second-order valence-electron chi connectivity index (χ2n) is 2.80. The summed E-state index contributed by atoms with van der Waals surface area (Å²) in [4.78, 5) is 7.90. The minimum Gasteiger partial charge on any atom is -0.397 e. The lowest BCUT2D eigenvalue weighted by Crippen LogP contribution is -1.91. The highest BCUT2D eigenvalue weighted by molar-refractivity contribution is 6.32. The maximum absolute atomic E-state index is 5.94. The highest BCUT2D eigenvalue weighted by Gasteiger charge is 2.06. The third kappa shape index (κ3) is 1.54. The van der Waals surface area contributed by atoms with E-state index in [1.54, 1.807) is 18.6 Å². The predicted molar refractivity (Wildman–Crippen MR) is 56.9 cm³/mol. The van der Waals surface area contributed by atoms with Crippen molar-refractivity contribution < 1.29 is 0 Å². The normalized spacial score (nSPS) is 10.1. The Morgan fingerprint density at radius 1 is 1.14 bits per heavy atom. The van der Waals surface area contributed by atoms with Crippen LogP contribution in [0.1, 0.15) is 0 Å². The molecule has 0 amide bonds. The van der Waals surface area contributed by atoms with Crippen molar-refractivity contribution in [1.82, 2.24) is 9.97 Å². The Balaban J connectivity index is 2.61.